The molecule has 2 aromatic carbocycles. The van der Waals surface area contributed by atoms with E-state index in [0.29, 0.717) is 5.56 Å². The number of aromatic nitrogens is 2. The first-order valence-electron chi connectivity index (χ1n) is 6.23. The number of oxime groups is 1. The Morgan fingerprint density at radius 1 is 1.10 bits per heavy atom. The van der Waals surface area contributed by atoms with Crippen LogP contribution in [0.2, 0.25) is 0 Å². The Morgan fingerprint density at radius 2 is 1.90 bits per heavy atom. The Hall–Kier alpha value is -2.60. The summed E-state index contributed by atoms with van der Waals surface area (Å²) in [5, 5.41) is 14.8. The Morgan fingerprint density at radius 3 is 2.62 bits per heavy atom. The Labute approximate surface area is 125 Å². The Balaban J connectivity index is 2.13. The monoisotopic (exact) mass is 296 g/mol. The van der Waals surface area contributed by atoms with E-state index < -0.39 is 0 Å². The standard InChI is InChI=1S/C15H12N4OS/c16-15(19-20)12-5-6-13(11-4-2-1-3-10(11)12)21-14-9-17-7-8-18-14/h1-9,20H,(H2,16,19). The van der Waals surface area contributed by atoms with Crippen molar-refractivity contribution in [3.63, 3.8) is 0 Å². The first kappa shape index (κ1) is 13.4. The van der Waals surface area contributed by atoms with Crippen LogP contribution in [0.4, 0.5) is 0 Å². The number of nitrogens with two attached hydrogens (primary N) is 1. The maximum Gasteiger partial charge on any atom is 0.170 e. The highest BCUT2D eigenvalue weighted by molar-refractivity contribution is 7.99. The van der Waals surface area contributed by atoms with Crippen molar-refractivity contribution < 1.29 is 5.21 Å². The molecule has 0 aliphatic rings. The summed E-state index contributed by atoms with van der Waals surface area (Å²) >= 11 is 1.53. The lowest BCUT2D eigenvalue weighted by atomic mass is 10.0. The summed E-state index contributed by atoms with van der Waals surface area (Å²) in [6.07, 6.45) is 5.02. The van der Waals surface area contributed by atoms with Crippen molar-refractivity contribution in [2.75, 3.05) is 0 Å². The number of fused-ring (bicyclic) bond motifs is 1. The minimum Gasteiger partial charge on any atom is -0.409 e. The third kappa shape index (κ3) is 2.66. The van der Waals surface area contributed by atoms with Crippen molar-refractivity contribution >= 4 is 28.4 Å². The summed E-state index contributed by atoms with van der Waals surface area (Å²) in [6, 6.07) is 11.6. The van der Waals surface area contributed by atoms with Gasteiger partial charge in [-0.25, -0.2) is 4.98 Å². The molecule has 21 heavy (non-hydrogen) atoms. The molecule has 0 aliphatic carbocycles. The van der Waals surface area contributed by atoms with Crippen molar-refractivity contribution in [3.8, 4) is 0 Å². The maximum atomic E-state index is 8.89. The number of nitrogens with zero attached hydrogens (tertiary/aromatic N) is 3. The van der Waals surface area contributed by atoms with Gasteiger partial charge in [-0.2, -0.15) is 0 Å². The highest BCUT2D eigenvalue weighted by Gasteiger charge is 2.10. The molecule has 0 amide bonds. The average molecular weight is 296 g/mol. The highest BCUT2D eigenvalue weighted by Crippen LogP contribution is 2.33. The van der Waals surface area contributed by atoms with Crippen molar-refractivity contribution in [1.29, 1.82) is 0 Å². The van der Waals surface area contributed by atoms with Gasteiger partial charge in [-0.1, -0.05) is 41.2 Å². The average Bonchev–Trinajstić information content (AvgIpc) is 2.55. The second-order valence-electron chi connectivity index (χ2n) is 4.29. The topological polar surface area (TPSA) is 84.4 Å². The molecule has 6 heteroatoms. The summed E-state index contributed by atoms with van der Waals surface area (Å²) in [5.41, 5.74) is 6.44. The van der Waals surface area contributed by atoms with Crippen LogP contribution in [0.5, 0.6) is 0 Å². The predicted molar refractivity (Wildman–Crippen MR) is 82.6 cm³/mol. The van der Waals surface area contributed by atoms with E-state index in [1.807, 2.05) is 36.4 Å². The zero-order chi connectivity index (χ0) is 14.7. The summed E-state index contributed by atoms with van der Waals surface area (Å²) in [7, 11) is 0. The van der Waals surface area contributed by atoms with Gasteiger partial charge in [-0.3, -0.25) is 4.98 Å². The fraction of sp³-hybridized carbons (Fsp3) is 0. The molecule has 0 saturated carbocycles. The molecule has 3 aromatic rings. The van der Waals surface area contributed by atoms with E-state index in [1.165, 1.54) is 11.8 Å². The van der Waals surface area contributed by atoms with Gasteiger partial charge in [-0.15, -0.1) is 0 Å². The summed E-state index contributed by atoms with van der Waals surface area (Å²) in [5.74, 6) is 0.0993. The molecule has 104 valence electrons. The first-order chi connectivity index (χ1) is 10.3. The van der Waals surface area contributed by atoms with Gasteiger partial charge in [0, 0.05) is 22.9 Å². The van der Waals surface area contributed by atoms with E-state index in [4.69, 9.17) is 10.9 Å². The van der Waals surface area contributed by atoms with Crippen LogP contribution in [0, 0.1) is 0 Å². The van der Waals surface area contributed by atoms with Crippen LogP contribution in [0.25, 0.3) is 10.8 Å². The smallest absolute Gasteiger partial charge is 0.170 e. The third-order valence-corrected chi connectivity index (χ3v) is 4.02. The van der Waals surface area contributed by atoms with E-state index >= 15 is 0 Å². The fourth-order valence-electron chi connectivity index (χ4n) is 2.09. The zero-order valence-electron chi connectivity index (χ0n) is 11.0. The Kier molecular flexibility index (Phi) is 3.70. The highest BCUT2D eigenvalue weighted by atomic mass is 32.2. The molecule has 1 aromatic heterocycles. The lowest BCUT2D eigenvalue weighted by Crippen LogP contribution is -2.13. The molecule has 1 heterocycles. The number of benzene rings is 2. The van der Waals surface area contributed by atoms with Gasteiger partial charge in [0.1, 0.15) is 5.03 Å². The van der Waals surface area contributed by atoms with Gasteiger partial charge < -0.3 is 10.9 Å². The summed E-state index contributed by atoms with van der Waals surface area (Å²) < 4.78 is 0. The molecule has 0 bridgehead atoms. The number of hydrogen-bond acceptors (Lipinski definition) is 5. The normalized spacial score (nSPS) is 11.7. The van der Waals surface area contributed by atoms with Gasteiger partial charge in [0.15, 0.2) is 5.84 Å². The molecular weight excluding hydrogens is 284 g/mol. The van der Waals surface area contributed by atoms with E-state index in [-0.39, 0.29) is 5.84 Å². The number of hydrogen-bond donors (Lipinski definition) is 2. The van der Waals surface area contributed by atoms with Crippen molar-refractivity contribution in [2.45, 2.75) is 9.92 Å². The molecule has 0 radical (unpaired) electrons. The van der Waals surface area contributed by atoms with E-state index in [1.54, 1.807) is 18.6 Å². The quantitative estimate of drug-likeness (QED) is 0.336. The Bertz CT molecular complexity index is 805. The van der Waals surface area contributed by atoms with Crippen LogP contribution in [0.3, 0.4) is 0 Å². The molecule has 0 spiro atoms. The van der Waals surface area contributed by atoms with Crippen LogP contribution in [-0.2, 0) is 0 Å². The molecule has 0 atom stereocenters. The van der Waals surface area contributed by atoms with E-state index in [9.17, 15) is 0 Å². The van der Waals surface area contributed by atoms with E-state index in [2.05, 4.69) is 15.1 Å². The minimum atomic E-state index is 0.0993. The predicted octanol–water partition coefficient (Wildman–Crippen LogP) is 2.88. The molecule has 0 saturated heterocycles. The second kappa shape index (κ2) is 5.80. The summed E-state index contributed by atoms with van der Waals surface area (Å²) in [4.78, 5) is 9.37. The lowest BCUT2D eigenvalue weighted by molar-refractivity contribution is 0.318. The SMILES string of the molecule is N/C(=N/O)c1ccc(Sc2cnccn2)c2ccccc12. The molecule has 0 unspecified atom stereocenters. The third-order valence-electron chi connectivity index (χ3n) is 3.02. The molecular formula is C15H12N4OS. The van der Waals surface area contributed by atoms with Crippen LogP contribution < -0.4 is 5.73 Å². The van der Waals surface area contributed by atoms with Crippen LogP contribution in [0.15, 0.2) is 70.1 Å². The van der Waals surface area contributed by atoms with Crippen LogP contribution in [0.1, 0.15) is 5.56 Å². The van der Waals surface area contributed by atoms with Gasteiger partial charge in [-0.05, 0) is 22.9 Å². The van der Waals surface area contributed by atoms with Crippen molar-refractivity contribution in [2.24, 2.45) is 10.9 Å². The molecule has 3 rings (SSSR count). The lowest BCUT2D eigenvalue weighted by Gasteiger charge is -2.09. The number of rotatable bonds is 3. The molecule has 0 fully saturated rings. The molecule has 5 nitrogen and oxygen atoms in total. The minimum absolute atomic E-state index is 0.0993. The second-order valence-corrected chi connectivity index (χ2v) is 5.35. The van der Waals surface area contributed by atoms with Gasteiger partial charge in [0.05, 0.1) is 6.20 Å². The first-order valence-corrected chi connectivity index (χ1v) is 7.05. The van der Waals surface area contributed by atoms with Crippen LogP contribution >= 0.6 is 11.8 Å². The summed E-state index contributed by atoms with van der Waals surface area (Å²) in [6.45, 7) is 0. The maximum absolute atomic E-state index is 8.89. The van der Waals surface area contributed by atoms with Gasteiger partial charge in [0.2, 0.25) is 0 Å². The van der Waals surface area contributed by atoms with E-state index in [0.717, 1.165) is 20.7 Å². The van der Waals surface area contributed by atoms with Crippen molar-refractivity contribution in [1.82, 2.24) is 9.97 Å². The molecule has 0 aliphatic heterocycles. The van der Waals surface area contributed by atoms with Crippen molar-refractivity contribution in [3.05, 3.63) is 60.6 Å². The fourth-order valence-corrected chi connectivity index (χ4v) is 2.96. The van der Waals surface area contributed by atoms with Gasteiger partial charge >= 0.3 is 0 Å². The van der Waals surface area contributed by atoms with Crippen LogP contribution in [-0.4, -0.2) is 21.0 Å². The zero-order valence-corrected chi connectivity index (χ0v) is 11.8. The largest absolute Gasteiger partial charge is 0.409 e. The number of amidine groups is 1. The van der Waals surface area contributed by atoms with Gasteiger partial charge in [0.25, 0.3) is 0 Å². The molecule has 3 N–H and O–H groups in total.